The largest absolute Gasteiger partial charge is 0.360 e. The molecular weight excluding hydrogens is 250 g/mol. The number of H-pyrrole nitrogens is 1. The molecule has 3 rings (SSSR count). The molecule has 17 heavy (non-hydrogen) atoms. The van der Waals surface area contributed by atoms with Crippen LogP contribution in [0.1, 0.15) is 0 Å². The Morgan fingerprint density at radius 3 is 2.53 bits per heavy atom. The highest BCUT2D eigenvalue weighted by Gasteiger charge is 2.04. The summed E-state index contributed by atoms with van der Waals surface area (Å²) in [6.45, 7) is 0. The van der Waals surface area contributed by atoms with Crippen molar-refractivity contribution in [3.63, 3.8) is 0 Å². The molecule has 0 saturated heterocycles. The van der Waals surface area contributed by atoms with E-state index in [0.29, 0.717) is 0 Å². The lowest BCUT2D eigenvalue weighted by atomic mass is 10.2. The number of nitrogens with one attached hydrogen (secondary N) is 1. The summed E-state index contributed by atoms with van der Waals surface area (Å²) in [5.41, 5.74) is 1.17. The maximum atomic E-state index is 5.87. The van der Waals surface area contributed by atoms with Crippen molar-refractivity contribution in [1.82, 2.24) is 4.98 Å². The monoisotopic (exact) mass is 259 g/mol. The fourth-order valence-electron chi connectivity index (χ4n) is 1.76. The minimum Gasteiger partial charge on any atom is -0.360 e. The molecule has 0 aliphatic carbocycles. The van der Waals surface area contributed by atoms with Gasteiger partial charge in [-0.2, -0.15) is 0 Å². The van der Waals surface area contributed by atoms with Gasteiger partial charge >= 0.3 is 0 Å². The third-order valence-corrected chi connectivity index (χ3v) is 3.91. The lowest BCUT2D eigenvalue weighted by Gasteiger charge is -2.00. The molecule has 3 heteroatoms. The van der Waals surface area contributed by atoms with Crippen molar-refractivity contribution in [1.29, 1.82) is 0 Å². The Morgan fingerprint density at radius 2 is 1.71 bits per heavy atom. The number of rotatable bonds is 2. The van der Waals surface area contributed by atoms with E-state index in [1.165, 1.54) is 20.7 Å². The summed E-state index contributed by atoms with van der Waals surface area (Å²) in [5, 5.41) is 2.03. The molecule has 0 bridgehead atoms. The van der Waals surface area contributed by atoms with Crippen LogP contribution in [0.15, 0.2) is 64.5 Å². The SMILES string of the molecule is Clc1ccc(Sc2c[nH]c3ccccc23)cc1. The van der Waals surface area contributed by atoms with E-state index in [2.05, 4.69) is 23.2 Å². The van der Waals surface area contributed by atoms with Gasteiger partial charge in [0.2, 0.25) is 0 Å². The maximum Gasteiger partial charge on any atom is 0.0465 e. The molecule has 0 unspecified atom stereocenters. The first-order chi connectivity index (χ1) is 8.33. The summed E-state index contributed by atoms with van der Waals surface area (Å²) < 4.78 is 0. The van der Waals surface area contributed by atoms with Crippen LogP contribution in [0, 0.1) is 0 Å². The Balaban J connectivity index is 1.97. The van der Waals surface area contributed by atoms with Gasteiger partial charge in [0.05, 0.1) is 0 Å². The van der Waals surface area contributed by atoms with Crippen molar-refractivity contribution >= 4 is 34.3 Å². The van der Waals surface area contributed by atoms with E-state index >= 15 is 0 Å². The van der Waals surface area contributed by atoms with Crippen LogP contribution < -0.4 is 0 Å². The summed E-state index contributed by atoms with van der Waals surface area (Å²) in [7, 11) is 0. The van der Waals surface area contributed by atoms with Crippen LogP contribution in [0.5, 0.6) is 0 Å². The van der Waals surface area contributed by atoms with E-state index in [-0.39, 0.29) is 0 Å². The van der Waals surface area contributed by atoms with E-state index < -0.39 is 0 Å². The molecule has 1 heterocycles. The van der Waals surface area contributed by atoms with Gasteiger partial charge in [-0.3, -0.25) is 0 Å². The smallest absolute Gasteiger partial charge is 0.0465 e. The van der Waals surface area contributed by atoms with Gasteiger partial charge in [0.15, 0.2) is 0 Å². The van der Waals surface area contributed by atoms with E-state index in [9.17, 15) is 0 Å². The van der Waals surface area contributed by atoms with Crippen LogP contribution in [0.4, 0.5) is 0 Å². The molecule has 1 N–H and O–H groups in total. The fraction of sp³-hybridized carbons (Fsp3) is 0. The zero-order valence-corrected chi connectivity index (χ0v) is 10.6. The second-order valence-electron chi connectivity index (χ2n) is 3.75. The summed E-state index contributed by atoms with van der Waals surface area (Å²) in [5.74, 6) is 0. The molecule has 3 aromatic rings. The number of hydrogen-bond acceptors (Lipinski definition) is 1. The van der Waals surface area contributed by atoms with Gasteiger partial charge in [0.25, 0.3) is 0 Å². The Hall–Kier alpha value is -1.38. The van der Waals surface area contributed by atoms with Gasteiger partial charge in [-0.05, 0) is 30.3 Å². The predicted molar refractivity (Wildman–Crippen MR) is 73.9 cm³/mol. The van der Waals surface area contributed by atoms with Gasteiger partial charge in [-0.15, -0.1) is 0 Å². The van der Waals surface area contributed by atoms with Crippen LogP contribution in [-0.4, -0.2) is 4.98 Å². The molecule has 0 spiro atoms. The number of halogens is 1. The van der Waals surface area contributed by atoms with Crippen LogP contribution in [0.3, 0.4) is 0 Å². The fourth-order valence-corrected chi connectivity index (χ4v) is 2.82. The lowest BCUT2D eigenvalue weighted by Crippen LogP contribution is -1.71. The summed E-state index contributed by atoms with van der Waals surface area (Å²) >= 11 is 7.62. The van der Waals surface area contributed by atoms with Gasteiger partial charge in [0, 0.05) is 31.9 Å². The molecule has 1 nitrogen and oxygen atoms in total. The highest BCUT2D eigenvalue weighted by Crippen LogP contribution is 2.33. The number of aromatic amines is 1. The Bertz CT molecular complexity index is 643. The molecule has 0 amide bonds. The predicted octanol–water partition coefficient (Wildman–Crippen LogP) is 4.97. The van der Waals surface area contributed by atoms with Crippen molar-refractivity contribution in [3.8, 4) is 0 Å². The van der Waals surface area contributed by atoms with E-state index in [1.807, 2.05) is 36.5 Å². The average Bonchev–Trinajstić information content (AvgIpc) is 2.76. The standard InChI is InChI=1S/C14H10ClNS/c15-10-5-7-11(8-6-10)17-14-9-16-13-4-2-1-3-12(13)14/h1-9,16H. The minimum absolute atomic E-state index is 0.772. The van der Waals surface area contributed by atoms with Crippen molar-refractivity contribution in [2.75, 3.05) is 0 Å². The Labute approximate surface area is 109 Å². The van der Waals surface area contributed by atoms with Gasteiger partial charge in [-0.25, -0.2) is 0 Å². The van der Waals surface area contributed by atoms with E-state index in [1.54, 1.807) is 11.8 Å². The molecule has 0 fully saturated rings. The normalized spacial score (nSPS) is 10.9. The van der Waals surface area contributed by atoms with Crippen molar-refractivity contribution in [2.45, 2.75) is 9.79 Å². The zero-order chi connectivity index (χ0) is 11.7. The van der Waals surface area contributed by atoms with Gasteiger partial charge in [0.1, 0.15) is 0 Å². The topological polar surface area (TPSA) is 15.8 Å². The highest BCUT2D eigenvalue weighted by atomic mass is 35.5. The van der Waals surface area contributed by atoms with Gasteiger partial charge in [-0.1, -0.05) is 41.6 Å². The van der Waals surface area contributed by atoms with Crippen LogP contribution >= 0.6 is 23.4 Å². The second-order valence-corrected chi connectivity index (χ2v) is 5.31. The van der Waals surface area contributed by atoms with Gasteiger partial charge < -0.3 is 4.98 Å². The highest BCUT2D eigenvalue weighted by molar-refractivity contribution is 7.99. The van der Waals surface area contributed by atoms with Crippen LogP contribution in [-0.2, 0) is 0 Å². The first-order valence-electron chi connectivity index (χ1n) is 5.32. The number of fused-ring (bicyclic) bond motifs is 1. The third kappa shape index (κ3) is 2.19. The number of benzene rings is 2. The number of para-hydroxylation sites is 1. The summed E-state index contributed by atoms with van der Waals surface area (Å²) in [4.78, 5) is 5.71. The Kier molecular flexibility index (Phi) is 2.83. The minimum atomic E-state index is 0.772. The third-order valence-electron chi connectivity index (χ3n) is 2.59. The first-order valence-corrected chi connectivity index (χ1v) is 6.52. The maximum absolute atomic E-state index is 5.87. The molecule has 0 radical (unpaired) electrons. The second kappa shape index (κ2) is 4.47. The van der Waals surface area contributed by atoms with Crippen molar-refractivity contribution < 1.29 is 0 Å². The lowest BCUT2D eigenvalue weighted by molar-refractivity contribution is 1.39. The summed E-state index contributed by atoms with van der Waals surface area (Å²) in [6.07, 6.45) is 2.05. The molecule has 2 aromatic carbocycles. The van der Waals surface area contributed by atoms with E-state index in [4.69, 9.17) is 11.6 Å². The molecule has 0 atom stereocenters. The quantitative estimate of drug-likeness (QED) is 0.687. The summed E-state index contributed by atoms with van der Waals surface area (Å²) in [6, 6.07) is 16.2. The molecular formula is C14H10ClNS. The molecule has 1 aromatic heterocycles. The van der Waals surface area contributed by atoms with E-state index in [0.717, 1.165) is 5.02 Å². The average molecular weight is 260 g/mol. The zero-order valence-electron chi connectivity index (χ0n) is 8.98. The van der Waals surface area contributed by atoms with Crippen molar-refractivity contribution in [2.24, 2.45) is 0 Å². The van der Waals surface area contributed by atoms with Crippen LogP contribution in [0.25, 0.3) is 10.9 Å². The molecule has 0 saturated carbocycles. The number of aromatic nitrogens is 1. The number of hydrogen-bond donors (Lipinski definition) is 1. The van der Waals surface area contributed by atoms with Crippen molar-refractivity contribution in [3.05, 3.63) is 59.8 Å². The first kappa shape index (κ1) is 10.8. The molecule has 0 aliphatic rings. The molecule has 84 valence electrons. The molecule has 0 aliphatic heterocycles. The Morgan fingerprint density at radius 1 is 0.941 bits per heavy atom. The van der Waals surface area contributed by atoms with Crippen LogP contribution in [0.2, 0.25) is 5.02 Å².